The number of hydrogen-bond donors (Lipinski definition) is 1. The maximum Gasteiger partial charge on any atom is 0.101 e. The van der Waals surface area contributed by atoms with Crippen LogP contribution in [0, 0.1) is 0 Å². The molecule has 0 saturated heterocycles. The van der Waals surface area contributed by atoms with Crippen molar-refractivity contribution in [1.29, 1.82) is 0 Å². The van der Waals surface area contributed by atoms with Gasteiger partial charge in [-0.15, -0.1) is 0 Å². The van der Waals surface area contributed by atoms with Gasteiger partial charge < -0.3 is 14.6 Å². The highest BCUT2D eigenvalue weighted by molar-refractivity contribution is 5.31. The average Bonchev–Trinajstić information content (AvgIpc) is 3.25. The zero-order chi connectivity index (χ0) is 14.1. The monoisotopic (exact) mass is 282 g/mol. The first-order valence-electron chi connectivity index (χ1n) is 7.96. The minimum absolute atomic E-state index is 0.187. The second kappa shape index (κ2) is 5.66. The first kappa shape index (κ1) is 13.1. The van der Waals surface area contributed by atoms with E-state index in [2.05, 4.69) is 52.6 Å². The molecule has 1 aromatic carbocycles. The van der Waals surface area contributed by atoms with Crippen LogP contribution in [0.15, 0.2) is 42.7 Å². The van der Waals surface area contributed by atoms with Gasteiger partial charge >= 0.3 is 0 Å². The van der Waals surface area contributed by atoms with Gasteiger partial charge in [0.2, 0.25) is 0 Å². The van der Waals surface area contributed by atoms with Gasteiger partial charge in [0.15, 0.2) is 0 Å². The Morgan fingerprint density at radius 3 is 3.00 bits per heavy atom. The van der Waals surface area contributed by atoms with Crippen LogP contribution in [0.2, 0.25) is 0 Å². The van der Waals surface area contributed by atoms with Gasteiger partial charge in [-0.2, -0.15) is 0 Å². The third kappa shape index (κ3) is 3.04. The molecule has 1 N–H and O–H groups in total. The summed E-state index contributed by atoms with van der Waals surface area (Å²) in [6.45, 7) is 2.72. The molecule has 3 nitrogen and oxygen atoms in total. The third-order valence-corrected chi connectivity index (χ3v) is 4.45. The molecule has 21 heavy (non-hydrogen) atoms. The normalized spacial score (nSPS) is 21.2. The fraction of sp³-hybridized carbons (Fsp3) is 0.444. The summed E-state index contributed by atoms with van der Waals surface area (Å²) in [5, 5.41) is 3.56. The smallest absolute Gasteiger partial charge is 0.101 e. The van der Waals surface area contributed by atoms with Crippen molar-refractivity contribution < 1.29 is 4.74 Å². The van der Waals surface area contributed by atoms with E-state index in [-0.39, 0.29) is 6.10 Å². The molecular formula is C18H22N2O. The standard InChI is InChI=1S/C18H22N2O/c1-2-4-17-15(3-1)8-10-21-18(17)13-20-9-7-14(12-20)11-19-16-5-6-16/h1-4,7,9,12,16,18-19H,5-6,8,10-11,13H2. The summed E-state index contributed by atoms with van der Waals surface area (Å²) in [4.78, 5) is 0. The van der Waals surface area contributed by atoms with Crippen LogP contribution in [0.3, 0.4) is 0 Å². The second-order valence-electron chi connectivity index (χ2n) is 6.18. The summed E-state index contributed by atoms with van der Waals surface area (Å²) < 4.78 is 8.25. The third-order valence-electron chi connectivity index (χ3n) is 4.45. The van der Waals surface area contributed by atoms with Crippen LogP contribution in [0.25, 0.3) is 0 Å². The summed E-state index contributed by atoms with van der Waals surface area (Å²) >= 11 is 0. The van der Waals surface area contributed by atoms with Gasteiger partial charge in [0.05, 0.1) is 13.2 Å². The van der Waals surface area contributed by atoms with Crippen molar-refractivity contribution in [2.75, 3.05) is 6.61 Å². The Labute approximate surface area is 125 Å². The lowest BCUT2D eigenvalue weighted by molar-refractivity contribution is 0.0306. The van der Waals surface area contributed by atoms with Crippen LogP contribution >= 0.6 is 0 Å². The molecule has 1 aromatic heterocycles. The molecule has 0 amide bonds. The number of fused-ring (bicyclic) bond motifs is 1. The van der Waals surface area contributed by atoms with E-state index in [0.29, 0.717) is 0 Å². The predicted octanol–water partition coefficient (Wildman–Crippen LogP) is 3.05. The Morgan fingerprint density at radius 1 is 1.19 bits per heavy atom. The molecule has 1 atom stereocenters. The zero-order valence-electron chi connectivity index (χ0n) is 12.3. The van der Waals surface area contributed by atoms with E-state index in [9.17, 15) is 0 Å². The van der Waals surface area contributed by atoms with Gasteiger partial charge in [-0.05, 0) is 42.0 Å². The number of aromatic nitrogens is 1. The largest absolute Gasteiger partial charge is 0.371 e. The van der Waals surface area contributed by atoms with E-state index in [1.54, 1.807) is 0 Å². The lowest BCUT2D eigenvalue weighted by Crippen LogP contribution is -2.20. The molecule has 1 aliphatic carbocycles. The van der Waals surface area contributed by atoms with Crippen molar-refractivity contribution in [2.24, 2.45) is 0 Å². The van der Waals surface area contributed by atoms with Crippen molar-refractivity contribution in [3.8, 4) is 0 Å². The van der Waals surface area contributed by atoms with Crippen molar-refractivity contribution >= 4 is 0 Å². The van der Waals surface area contributed by atoms with Crippen LogP contribution in [-0.4, -0.2) is 17.2 Å². The van der Waals surface area contributed by atoms with E-state index in [1.807, 2.05) is 0 Å². The van der Waals surface area contributed by atoms with Gasteiger partial charge in [0, 0.05) is 25.0 Å². The van der Waals surface area contributed by atoms with Crippen LogP contribution in [0.1, 0.15) is 35.6 Å². The van der Waals surface area contributed by atoms with E-state index >= 15 is 0 Å². The van der Waals surface area contributed by atoms with Crippen molar-refractivity contribution in [3.05, 3.63) is 59.4 Å². The maximum absolute atomic E-state index is 5.99. The highest BCUT2D eigenvalue weighted by Crippen LogP contribution is 2.28. The summed E-state index contributed by atoms with van der Waals surface area (Å²) in [5.41, 5.74) is 4.16. The number of rotatable bonds is 5. The van der Waals surface area contributed by atoms with Gasteiger partial charge in [-0.3, -0.25) is 0 Å². The fourth-order valence-corrected chi connectivity index (χ4v) is 3.08. The molecule has 2 aromatic rings. The Balaban J connectivity index is 1.44. The highest BCUT2D eigenvalue weighted by Gasteiger charge is 2.21. The SMILES string of the molecule is c1ccc2c(c1)CCOC2Cn1ccc(CNC2CC2)c1. The second-order valence-corrected chi connectivity index (χ2v) is 6.18. The molecule has 2 aliphatic rings. The number of nitrogens with one attached hydrogen (secondary N) is 1. The van der Waals surface area contributed by atoms with Gasteiger partial charge in [0.25, 0.3) is 0 Å². The van der Waals surface area contributed by atoms with E-state index in [4.69, 9.17) is 4.74 Å². The van der Waals surface area contributed by atoms with Gasteiger partial charge in [0.1, 0.15) is 6.10 Å². The fourth-order valence-electron chi connectivity index (χ4n) is 3.08. The first-order chi connectivity index (χ1) is 10.4. The maximum atomic E-state index is 5.99. The Hall–Kier alpha value is -1.58. The van der Waals surface area contributed by atoms with Gasteiger partial charge in [-0.1, -0.05) is 24.3 Å². The summed E-state index contributed by atoms with van der Waals surface area (Å²) in [6, 6.07) is 11.6. The van der Waals surface area contributed by atoms with Crippen molar-refractivity contribution in [3.63, 3.8) is 0 Å². The Bertz CT molecular complexity index is 615. The molecule has 110 valence electrons. The molecule has 0 spiro atoms. The molecule has 1 saturated carbocycles. The Kier molecular flexibility index (Phi) is 3.53. The molecule has 2 heterocycles. The van der Waals surface area contributed by atoms with Crippen LogP contribution in [-0.2, 0) is 24.2 Å². The minimum atomic E-state index is 0.187. The summed E-state index contributed by atoms with van der Waals surface area (Å²) in [6.07, 6.45) is 8.32. The molecule has 1 fully saturated rings. The Morgan fingerprint density at radius 2 is 2.10 bits per heavy atom. The molecule has 3 heteroatoms. The number of nitrogens with zero attached hydrogens (tertiary/aromatic N) is 1. The average molecular weight is 282 g/mol. The van der Waals surface area contributed by atoms with Crippen LogP contribution in [0.4, 0.5) is 0 Å². The minimum Gasteiger partial charge on any atom is -0.371 e. The van der Waals surface area contributed by atoms with Gasteiger partial charge in [-0.25, -0.2) is 0 Å². The first-order valence-corrected chi connectivity index (χ1v) is 7.96. The summed E-state index contributed by atoms with van der Waals surface area (Å²) in [7, 11) is 0. The molecule has 0 radical (unpaired) electrons. The van der Waals surface area contributed by atoms with E-state index < -0.39 is 0 Å². The lowest BCUT2D eigenvalue weighted by atomic mass is 9.97. The predicted molar refractivity (Wildman–Crippen MR) is 83.1 cm³/mol. The molecular weight excluding hydrogens is 260 g/mol. The summed E-state index contributed by atoms with van der Waals surface area (Å²) in [5.74, 6) is 0. The molecule has 4 rings (SSSR count). The lowest BCUT2D eigenvalue weighted by Gasteiger charge is -2.26. The topological polar surface area (TPSA) is 26.2 Å². The number of benzene rings is 1. The zero-order valence-corrected chi connectivity index (χ0v) is 12.3. The molecule has 1 aliphatic heterocycles. The molecule has 0 bridgehead atoms. The van der Waals surface area contributed by atoms with Crippen molar-refractivity contribution in [1.82, 2.24) is 9.88 Å². The number of hydrogen-bond acceptors (Lipinski definition) is 2. The van der Waals surface area contributed by atoms with E-state index in [1.165, 1.54) is 29.5 Å². The van der Waals surface area contributed by atoms with Crippen molar-refractivity contribution in [2.45, 2.75) is 44.5 Å². The number of ether oxygens (including phenoxy) is 1. The quantitative estimate of drug-likeness (QED) is 0.912. The molecule has 1 unspecified atom stereocenters. The van der Waals surface area contributed by atoms with Crippen LogP contribution < -0.4 is 5.32 Å². The van der Waals surface area contributed by atoms with E-state index in [0.717, 1.165) is 32.2 Å². The highest BCUT2D eigenvalue weighted by atomic mass is 16.5. The van der Waals surface area contributed by atoms with Crippen LogP contribution in [0.5, 0.6) is 0 Å².